The number of rotatable bonds is 4. The molecule has 1 saturated heterocycles. The van der Waals surface area contributed by atoms with Gasteiger partial charge in [0.2, 0.25) is 0 Å². The van der Waals surface area contributed by atoms with Crippen molar-refractivity contribution >= 4 is 13.1 Å². The lowest BCUT2D eigenvalue weighted by molar-refractivity contribution is -0.143. The van der Waals surface area contributed by atoms with Crippen LogP contribution in [0.15, 0.2) is 35.8 Å². The highest BCUT2D eigenvalue weighted by molar-refractivity contribution is 6.54. The van der Waals surface area contributed by atoms with Gasteiger partial charge in [0.25, 0.3) is 0 Å². The van der Waals surface area contributed by atoms with Crippen LogP contribution in [0.5, 0.6) is 0 Å². The molecule has 5 heteroatoms. The Labute approximate surface area is 168 Å². The normalized spacial score (nSPS) is 27.2. The summed E-state index contributed by atoms with van der Waals surface area (Å²) in [5.41, 5.74) is 2.74. The van der Waals surface area contributed by atoms with Gasteiger partial charge in [-0.1, -0.05) is 30.3 Å². The summed E-state index contributed by atoms with van der Waals surface area (Å²) in [6.45, 7) is 8.40. The van der Waals surface area contributed by atoms with Gasteiger partial charge in [0.05, 0.1) is 23.7 Å². The van der Waals surface area contributed by atoms with Crippen molar-refractivity contribution in [1.29, 1.82) is 0 Å². The van der Waals surface area contributed by atoms with E-state index in [1.807, 2.05) is 0 Å². The number of methoxy groups -OCH3 is 1. The van der Waals surface area contributed by atoms with E-state index in [-0.39, 0.29) is 29.7 Å². The zero-order chi connectivity index (χ0) is 20.2. The van der Waals surface area contributed by atoms with E-state index in [0.29, 0.717) is 5.92 Å². The molecule has 0 radical (unpaired) electrons. The molecule has 1 aromatic carbocycles. The van der Waals surface area contributed by atoms with Gasteiger partial charge in [0.1, 0.15) is 0 Å². The molecule has 150 valence electrons. The maximum Gasteiger partial charge on any atom is 0.490 e. The molecule has 4 rings (SSSR count). The Morgan fingerprint density at radius 3 is 2.14 bits per heavy atom. The average Bonchev–Trinajstić information content (AvgIpc) is 3.45. The third-order valence-corrected chi connectivity index (χ3v) is 7.26. The third kappa shape index (κ3) is 3.23. The quantitative estimate of drug-likeness (QED) is 0.559. The molecule has 2 aliphatic carbocycles. The summed E-state index contributed by atoms with van der Waals surface area (Å²) < 4.78 is 17.4. The first-order chi connectivity index (χ1) is 13.2. The fraction of sp³-hybridized carbons (Fsp3) is 0.609. The molecule has 3 aliphatic rings. The first kappa shape index (κ1) is 19.7. The van der Waals surface area contributed by atoms with Crippen molar-refractivity contribution < 1.29 is 18.8 Å². The molecule has 28 heavy (non-hydrogen) atoms. The van der Waals surface area contributed by atoms with Gasteiger partial charge in [-0.2, -0.15) is 0 Å². The summed E-state index contributed by atoms with van der Waals surface area (Å²) in [4.78, 5) is 12.1. The van der Waals surface area contributed by atoms with Gasteiger partial charge in [-0.25, -0.2) is 0 Å². The van der Waals surface area contributed by atoms with Crippen LogP contribution < -0.4 is 0 Å². The molecule has 1 atom stereocenters. The zero-order valence-corrected chi connectivity index (χ0v) is 17.7. The second-order valence-corrected chi connectivity index (χ2v) is 9.53. The predicted molar refractivity (Wildman–Crippen MR) is 110 cm³/mol. The maximum absolute atomic E-state index is 12.1. The Bertz CT molecular complexity index is 773. The highest BCUT2D eigenvalue weighted by atomic mass is 16.7. The first-order valence-corrected chi connectivity index (χ1v) is 10.4. The van der Waals surface area contributed by atoms with Crippen molar-refractivity contribution in [3.8, 4) is 0 Å². The Balaban J connectivity index is 1.42. The van der Waals surface area contributed by atoms with Gasteiger partial charge in [-0.15, -0.1) is 0 Å². The standard InChI is InChI=1S/C23H31BO4/c1-21(2)22(3,4)28-24(27-21)19-12-8-17(9-13-19)16-6-10-18(11-7-16)23(14-15-23)20(25)26-5/h6-7,10-12,17H,8-9,13-15H2,1-5H3. The van der Waals surface area contributed by atoms with E-state index >= 15 is 0 Å². The van der Waals surface area contributed by atoms with Gasteiger partial charge >= 0.3 is 13.1 Å². The van der Waals surface area contributed by atoms with Crippen molar-refractivity contribution in [3.63, 3.8) is 0 Å². The molecule has 0 N–H and O–H groups in total. The summed E-state index contributed by atoms with van der Waals surface area (Å²) in [5, 5.41) is 0. The molecule has 1 heterocycles. The number of carbonyl (C=O) groups excluding carboxylic acids is 1. The first-order valence-electron chi connectivity index (χ1n) is 10.4. The molecule has 0 amide bonds. The van der Waals surface area contributed by atoms with E-state index in [2.05, 4.69) is 58.0 Å². The smallest absolute Gasteiger partial charge is 0.468 e. The minimum atomic E-state index is -0.385. The second kappa shape index (κ2) is 6.74. The van der Waals surface area contributed by atoms with Crippen LogP contribution in [0.4, 0.5) is 0 Å². The number of carbonyl (C=O) groups is 1. The van der Waals surface area contributed by atoms with Crippen molar-refractivity contribution in [3.05, 3.63) is 46.9 Å². The minimum Gasteiger partial charge on any atom is -0.468 e. The van der Waals surface area contributed by atoms with Crippen LogP contribution in [-0.4, -0.2) is 31.4 Å². The monoisotopic (exact) mass is 382 g/mol. The Hall–Kier alpha value is -1.59. The average molecular weight is 382 g/mol. The van der Waals surface area contributed by atoms with Crippen LogP contribution in [0.25, 0.3) is 0 Å². The molecule has 0 aromatic heterocycles. The van der Waals surface area contributed by atoms with E-state index in [1.54, 1.807) is 0 Å². The number of ether oxygens (including phenoxy) is 1. The van der Waals surface area contributed by atoms with E-state index in [0.717, 1.165) is 37.7 Å². The van der Waals surface area contributed by atoms with Gasteiger partial charge < -0.3 is 14.0 Å². The number of allylic oxidation sites excluding steroid dienone is 2. The molecule has 1 aromatic rings. The van der Waals surface area contributed by atoms with Crippen LogP contribution in [0, 0.1) is 0 Å². The lowest BCUT2D eigenvalue weighted by Gasteiger charge is -2.32. The van der Waals surface area contributed by atoms with E-state index < -0.39 is 0 Å². The Kier molecular flexibility index (Phi) is 4.75. The summed E-state index contributed by atoms with van der Waals surface area (Å²) in [7, 11) is 1.26. The molecule has 2 fully saturated rings. The van der Waals surface area contributed by atoms with Gasteiger partial charge in [0.15, 0.2) is 0 Å². The molecular formula is C23H31BO4. The number of hydrogen-bond acceptors (Lipinski definition) is 4. The summed E-state index contributed by atoms with van der Waals surface area (Å²) in [5.74, 6) is 0.404. The van der Waals surface area contributed by atoms with E-state index in [9.17, 15) is 4.79 Å². The largest absolute Gasteiger partial charge is 0.490 e. The summed E-state index contributed by atoms with van der Waals surface area (Å²) in [6.07, 6.45) is 7.18. The third-order valence-electron chi connectivity index (χ3n) is 7.26. The topological polar surface area (TPSA) is 44.8 Å². The van der Waals surface area contributed by atoms with Gasteiger partial charge in [0, 0.05) is 0 Å². The van der Waals surface area contributed by atoms with Crippen molar-refractivity contribution in [1.82, 2.24) is 0 Å². The maximum atomic E-state index is 12.1. The van der Waals surface area contributed by atoms with Gasteiger partial charge in [-0.05, 0) is 82.3 Å². The van der Waals surface area contributed by atoms with Crippen molar-refractivity contribution in [2.24, 2.45) is 0 Å². The van der Waals surface area contributed by atoms with E-state index in [4.69, 9.17) is 14.0 Å². The van der Waals surface area contributed by atoms with E-state index in [1.165, 1.54) is 18.1 Å². The van der Waals surface area contributed by atoms with Crippen LogP contribution in [0.2, 0.25) is 0 Å². The number of hydrogen-bond donors (Lipinski definition) is 0. The Morgan fingerprint density at radius 1 is 1.07 bits per heavy atom. The van der Waals surface area contributed by atoms with Crippen LogP contribution in [0.1, 0.15) is 76.8 Å². The fourth-order valence-electron chi connectivity index (χ4n) is 4.37. The molecule has 1 unspecified atom stereocenters. The van der Waals surface area contributed by atoms with Gasteiger partial charge in [-0.3, -0.25) is 4.79 Å². The summed E-state index contributed by atoms with van der Waals surface area (Å²) in [6, 6.07) is 8.62. The highest BCUT2D eigenvalue weighted by Crippen LogP contribution is 2.49. The predicted octanol–water partition coefficient (Wildman–Crippen LogP) is 4.72. The lowest BCUT2D eigenvalue weighted by atomic mass is 9.69. The van der Waals surface area contributed by atoms with Crippen LogP contribution >= 0.6 is 0 Å². The molecule has 0 bridgehead atoms. The zero-order valence-electron chi connectivity index (χ0n) is 17.7. The van der Waals surface area contributed by atoms with Crippen molar-refractivity contribution in [2.75, 3.05) is 7.11 Å². The Morgan fingerprint density at radius 2 is 1.68 bits per heavy atom. The molecule has 0 spiro atoms. The van der Waals surface area contributed by atoms with Crippen LogP contribution in [-0.2, 0) is 24.3 Å². The molecular weight excluding hydrogens is 351 g/mol. The van der Waals surface area contributed by atoms with Crippen LogP contribution in [0.3, 0.4) is 0 Å². The number of esters is 1. The fourth-order valence-corrected chi connectivity index (χ4v) is 4.37. The van der Waals surface area contributed by atoms with Crippen molar-refractivity contribution in [2.45, 2.75) is 82.3 Å². The molecule has 4 nitrogen and oxygen atoms in total. The summed E-state index contributed by atoms with van der Waals surface area (Å²) >= 11 is 0. The number of benzene rings is 1. The second-order valence-electron chi connectivity index (χ2n) is 9.53. The SMILES string of the molecule is COC(=O)C1(c2ccc(C3CC=C(B4OC(C)(C)C(C)(C)O4)CC3)cc2)CC1. The highest BCUT2D eigenvalue weighted by Gasteiger charge is 2.53. The lowest BCUT2D eigenvalue weighted by Crippen LogP contribution is -2.41. The molecule has 1 saturated carbocycles. The molecule has 1 aliphatic heterocycles. The minimum absolute atomic E-state index is 0.104.